The predicted octanol–water partition coefficient (Wildman–Crippen LogP) is 7.62. The van der Waals surface area contributed by atoms with E-state index in [1.165, 1.54) is 44.2 Å². The van der Waals surface area contributed by atoms with Gasteiger partial charge in [-0.3, -0.25) is 0 Å². The smallest absolute Gasteiger partial charge is 0.179 e. The zero-order valence-corrected chi connectivity index (χ0v) is 19.8. The van der Waals surface area contributed by atoms with Crippen molar-refractivity contribution in [1.82, 2.24) is 0 Å². The molecule has 0 amide bonds. The quantitative estimate of drug-likeness (QED) is 0.406. The molecule has 0 bridgehead atoms. The van der Waals surface area contributed by atoms with E-state index in [-0.39, 0.29) is 0 Å². The minimum absolute atomic E-state index is 0.336. The maximum atomic E-state index is 6.89. The molecule has 0 aliphatic heterocycles. The second kappa shape index (κ2) is 10.6. The summed E-state index contributed by atoms with van der Waals surface area (Å²) in [6.07, 6.45) is 17.0. The molecule has 0 N–H and O–H groups in total. The molecule has 2 nitrogen and oxygen atoms in total. The highest BCUT2D eigenvalue weighted by molar-refractivity contribution is 7.51. The van der Waals surface area contributed by atoms with Crippen LogP contribution in [0.1, 0.15) is 80.1 Å². The molecule has 28 heavy (non-hydrogen) atoms. The molecule has 0 unspecified atom stereocenters. The molecule has 0 saturated heterocycles. The summed E-state index contributed by atoms with van der Waals surface area (Å²) in [6, 6.07) is 0. The van der Waals surface area contributed by atoms with Gasteiger partial charge in [0.05, 0.1) is 17.9 Å². The van der Waals surface area contributed by atoms with Crippen LogP contribution in [-0.2, 0) is 9.05 Å². The van der Waals surface area contributed by atoms with E-state index in [4.69, 9.17) is 9.05 Å². The van der Waals surface area contributed by atoms with Crippen molar-refractivity contribution in [2.75, 3.05) is 0 Å². The Labute approximate surface area is 176 Å². The molecule has 3 saturated carbocycles. The first-order chi connectivity index (χ1) is 13.3. The number of hydrogen-bond donors (Lipinski definition) is 0. The fourth-order valence-corrected chi connectivity index (χ4v) is 7.04. The van der Waals surface area contributed by atoms with Crippen molar-refractivity contribution in [2.24, 2.45) is 35.5 Å². The van der Waals surface area contributed by atoms with Gasteiger partial charge < -0.3 is 9.05 Å². The zero-order chi connectivity index (χ0) is 20.3. The van der Waals surface area contributed by atoms with Gasteiger partial charge in [-0.1, -0.05) is 54.4 Å². The van der Waals surface area contributed by atoms with E-state index in [0.29, 0.717) is 35.9 Å². The summed E-state index contributed by atoms with van der Waals surface area (Å²) < 4.78 is 13.8. The molecule has 3 aliphatic rings. The summed E-state index contributed by atoms with van der Waals surface area (Å²) in [5, 5.41) is 0. The molecule has 3 fully saturated rings. The van der Waals surface area contributed by atoms with Crippen LogP contribution < -0.4 is 0 Å². The van der Waals surface area contributed by atoms with Crippen molar-refractivity contribution in [3.63, 3.8) is 0 Å². The van der Waals surface area contributed by atoms with Gasteiger partial charge in [0.1, 0.15) is 0 Å². The number of rotatable bonds is 7. The van der Waals surface area contributed by atoms with E-state index in [1.54, 1.807) is 0 Å². The third kappa shape index (κ3) is 5.95. The lowest BCUT2D eigenvalue weighted by Gasteiger charge is -2.42. The SMILES string of the molecule is CC(C)[C@@H]1CC[C@@H](C)C[C@H]1OP(O[C@@H]1C[C@H](C)CC[C@H]1C(C)C)[C]1[CH][CH][CH][CH]1. The summed E-state index contributed by atoms with van der Waals surface area (Å²) in [7, 11) is -1.01. The Kier molecular flexibility index (Phi) is 8.71. The van der Waals surface area contributed by atoms with Crippen molar-refractivity contribution < 1.29 is 9.05 Å². The van der Waals surface area contributed by atoms with Crippen LogP contribution in [0.25, 0.3) is 0 Å². The normalized spacial score (nSPS) is 38.0. The first-order valence-electron chi connectivity index (χ1n) is 11.7. The highest BCUT2D eigenvalue weighted by Crippen LogP contribution is 2.60. The van der Waals surface area contributed by atoms with Crippen molar-refractivity contribution in [3.8, 4) is 0 Å². The molecule has 0 heterocycles. The minimum Gasteiger partial charge on any atom is -0.330 e. The first-order valence-corrected chi connectivity index (χ1v) is 12.9. The molecule has 3 rings (SSSR count). The monoisotopic (exact) mass is 405 g/mol. The average molecular weight is 406 g/mol. The van der Waals surface area contributed by atoms with Crippen LogP contribution in [0.2, 0.25) is 0 Å². The van der Waals surface area contributed by atoms with Gasteiger partial charge in [-0.15, -0.1) is 0 Å². The van der Waals surface area contributed by atoms with Crippen molar-refractivity contribution in [1.29, 1.82) is 0 Å². The molecule has 6 atom stereocenters. The van der Waals surface area contributed by atoms with Gasteiger partial charge in [-0.2, -0.15) is 0 Å². The largest absolute Gasteiger partial charge is 0.330 e. The highest BCUT2D eigenvalue weighted by Gasteiger charge is 2.41. The average Bonchev–Trinajstić information content (AvgIpc) is 3.15. The topological polar surface area (TPSA) is 18.5 Å². The van der Waals surface area contributed by atoms with Crippen molar-refractivity contribution in [2.45, 2.75) is 92.3 Å². The van der Waals surface area contributed by atoms with E-state index >= 15 is 0 Å². The van der Waals surface area contributed by atoms with Crippen LogP contribution in [0.5, 0.6) is 0 Å². The van der Waals surface area contributed by atoms with Gasteiger partial charge in [-0.05, 0) is 86.9 Å². The van der Waals surface area contributed by atoms with Crippen LogP contribution >= 0.6 is 8.38 Å². The molecule has 0 aromatic heterocycles. The molecule has 5 radical (unpaired) electrons. The Bertz CT molecular complexity index is 425. The predicted molar refractivity (Wildman–Crippen MR) is 120 cm³/mol. The van der Waals surface area contributed by atoms with Crippen LogP contribution in [0.4, 0.5) is 0 Å². The van der Waals surface area contributed by atoms with Gasteiger partial charge in [-0.25, -0.2) is 0 Å². The lowest BCUT2D eigenvalue weighted by Crippen LogP contribution is -2.36. The fraction of sp³-hybridized carbons (Fsp3) is 0.800. The minimum atomic E-state index is -1.01. The van der Waals surface area contributed by atoms with E-state index in [0.717, 1.165) is 11.8 Å². The van der Waals surface area contributed by atoms with Crippen molar-refractivity contribution in [3.05, 3.63) is 31.3 Å². The lowest BCUT2D eigenvalue weighted by atomic mass is 9.75. The molecular weight excluding hydrogens is 363 g/mol. The highest BCUT2D eigenvalue weighted by atomic mass is 31.2. The van der Waals surface area contributed by atoms with Crippen LogP contribution in [0.15, 0.2) is 0 Å². The zero-order valence-electron chi connectivity index (χ0n) is 18.9. The van der Waals surface area contributed by atoms with Crippen LogP contribution in [0, 0.1) is 66.8 Å². The Balaban J connectivity index is 1.72. The Morgan fingerprint density at radius 1 is 0.750 bits per heavy atom. The third-order valence-corrected chi connectivity index (χ3v) is 8.89. The summed E-state index contributed by atoms with van der Waals surface area (Å²) in [5.41, 5.74) is 1.26. The van der Waals surface area contributed by atoms with E-state index in [1.807, 2.05) is 0 Å². The fourth-order valence-electron chi connectivity index (χ4n) is 5.35. The molecule has 0 aromatic carbocycles. The van der Waals surface area contributed by atoms with Crippen LogP contribution in [0.3, 0.4) is 0 Å². The maximum absolute atomic E-state index is 6.89. The molecule has 3 heteroatoms. The molecule has 3 aliphatic carbocycles. The van der Waals surface area contributed by atoms with Gasteiger partial charge in [0.2, 0.25) is 0 Å². The van der Waals surface area contributed by atoms with E-state index in [9.17, 15) is 0 Å². The Morgan fingerprint density at radius 2 is 1.18 bits per heavy atom. The van der Waals surface area contributed by atoms with E-state index in [2.05, 4.69) is 67.2 Å². The molecule has 0 spiro atoms. The second-order valence-corrected chi connectivity index (χ2v) is 11.8. The van der Waals surface area contributed by atoms with Gasteiger partial charge in [0.25, 0.3) is 0 Å². The summed E-state index contributed by atoms with van der Waals surface area (Å²) >= 11 is 0. The molecular formula is C25H42O2P. The molecule has 159 valence electrons. The standard InChI is InChI=1S/C25H42O2P/c1-17(2)22-13-11-19(5)15-24(22)26-28(21-9-7-8-10-21)27-25-16-20(6)12-14-23(25)18(3)4/h7-10,17-20,22-25H,11-16H2,1-6H3/t19-,20-,22+,23+,24-,25-/m1/s1. The van der Waals surface area contributed by atoms with Crippen LogP contribution in [-0.4, -0.2) is 12.2 Å². The third-order valence-electron chi connectivity index (χ3n) is 7.24. The summed E-state index contributed by atoms with van der Waals surface area (Å²) in [5.74, 6) is 4.18. The van der Waals surface area contributed by atoms with Crippen molar-refractivity contribution >= 4 is 8.38 Å². The second-order valence-electron chi connectivity index (χ2n) is 10.3. The van der Waals surface area contributed by atoms with Gasteiger partial charge in [0.15, 0.2) is 8.38 Å². The Morgan fingerprint density at radius 3 is 1.57 bits per heavy atom. The first kappa shape index (κ1) is 23.0. The van der Waals surface area contributed by atoms with Gasteiger partial charge >= 0.3 is 0 Å². The Hall–Kier alpha value is 0.350. The lowest BCUT2D eigenvalue weighted by molar-refractivity contribution is 0.0112. The summed E-state index contributed by atoms with van der Waals surface area (Å²) in [4.78, 5) is 0. The summed E-state index contributed by atoms with van der Waals surface area (Å²) in [6.45, 7) is 14.2. The van der Waals surface area contributed by atoms with Gasteiger partial charge in [0, 0.05) is 0 Å². The maximum Gasteiger partial charge on any atom is 0.179 e. The number of hydrogen-bond acceptors (Lipinski definition) is 2. The molecule has 0 aromatic rings. The van der Waals surface area contributed by atoms with E-state index < -0.39 is 8.38 Å².